The zero-order valence-electron chi connectivity index (χ0n) is 19.4. The summed E-state index contributed by atoms with van der Waals surface area (Å²) in [5, 5.41) is 9.34. The van der Waals surface area contributed by atoms with E-state index in [2.05, 4.69) is 25.1 Å². The summed E-state index contributed by atoms with van der Waals surface area (Å²) in [6.45, 7) is 6.78. The number of aliphatic hydroxyl groups excluding tert-OH is 1. The molecule has 1 aromatic rings. The van der Waals surface area contributed by atoms with Crippen molar-refractivity contribution in [1.82, 2.24) is 0 Å². The molecule has 2 fully saturated rings. The van der Waals surface area contributed by atoms with Gasteiger partial charge >= 0.3 is 5.97 Å². The fraction of sp³-hybridized carbons (Fsp3) is 0.741. The molecule has 0 radical (unpaired) electrons. The molecule has 3 rings (SSSR count). The van der Waals surface area contributed by atoms with E-state index >= 15 is 0 Å². The van der Waals surface area contributed by atoms with E-state index in [-0.39, 0.29) is 18.5 Å². The Morgan fingerprint density at radius 1 is 1.00 bits per heavy atom. The van der Waals surface area contributed by atoms with Crippen LogP contribution in [0, 0.1) is 23.7 Å². The van der Waals surface area contributed by atoms with Crippen molar-refractivity contribution >= 4 is 5.97 Å². The van der Waals surface area contributed by atoms with Gasteiger partial charge in [-0.15, -0.1) is 0 Å². The minimum absolute atomic E-state index is 0.0803. The molecule has 0 amide bonds. The van der Waals surface area contributed by atoms with Gasteiger partial charge in [-0.3, -0.25) is 4.79 Å². The van der Waals surface area contributed by atoms with Crippen LogP contribution >= 0.6 is 0 Å². The Labute approximate surface area is 183 Å². The smallest absolute Gasteiger partial charge is 0.308 e. The van der Waals surface area contributed by atoms with Crippen LogP contribution in [0.5, 0.6) is 0 Å². The molecule has 0 saturated heterocycles. The number of carbonyl (C=O) groups is 1. The van der Waals surface area contributed by atoms with Crippen molar-refractivity contribution in [3.05, 3.63) is 34.9 Å². The second-order valence-electron chi connectivity index (χ2n) is 10.2. The monoisotopic (exact) mass is 414 g/mol. The van der Waals surface area contributed by atoms with E-state index in [4.69, 9.17) is 4.74 Å². The largest absolute Gasteiger partial charge is 0.465 e. The zero-order chi connectivity index (χ0) is 21.5. The molecular formula is C27H42O3. The van der Waals surface area contributed by atoms with Gasteiger partial charge in [0.2, 0.25) is 0 Å². The lowest BCUT2D eigenvalue weighted by Crippen LogP contribution is -2.25. The third kappa shape index (κ3) is 6.33. The molecular weight excluding hydrogens is 372 g/mol. The van der Waals surface area contributed by atoms with E-state index in [1.54, 1.807) is 0 Å². The van der Waals surface area contributed by atoms with E-state index in [0.29, 0.717) is 18.9 Å². The average molecular weight is 415 g/mol. The van der Waals surface area contributed by atoms with E-state index in [1.807, 2.05) is 13.8 Å². The van der Waals surface area contributed by atoms with Crippen LogP contribution < -0.4 is 0 Å². The molecule has 2 aliphatic rings. The van der Waals surface area contributed by atoms with Crippen molar-refractivity contribution in [2.45, 2.75) is 90.9 Å². The van der Waals surface area contributed by atoms with E-state index in [1.165, 1.54) is 68.1 Å². The lowest BCUT2D eigenvalue weighted by molar-refractivity contribution is -0.147. The summed E-state index contributed by atoms with van der Waals surface area (Å²) >= 11 is 0. The summed E-state index contributed by atoms with van der Waals surface area (Å²) in [6, 6.07) is 6.71. The first-order valence-electron chi connectivity index (χ1n) is 12.4. The molecule has 0 heterocycles. The van der Waals surface area contributed by atoms with Gasteiger partial charge in [-0.25, -0.2) is 0 Å². The van der Waals surface area contributed by atoms with Crippen molar-refractivity contribution in [2.24, 2.45) is 23.7 Å². The van der Waals surface area contributed by atoms with Crippen molar-refractivity contribution in [3.63, 3.8) is 0 Å². The summed E-state index contributed by atoms with van der Waals surface area (Å²) in [5.74, 6) is 3.25. The number of aliphatic hydroxyl groups is 1. The Balaban J connectivity index is 1.62. The number of ether oxygens (including phenoxy) is 1. The van der Waals surface area contributed by atoms with Gasteiger partial charge in [0.05, 0.1) is 12.5 Å². The van der Waals surface area contributed by atoms with Gasteiger partial charge in [0.25, 0.3) is 0 Å². The van der Waals surface area contributed by atoms with Crippen LogP contribution in [0.15, 0.2) is 18.2 Å². The van der Waals surface area contributed by atoms with Gasteiger partial charge in [0.15, 0.2) is 0 Å². The first-order chi connectivity index (χ1) is 14.5. The van der Waals surface area contributed by atoms with Crippen LogP contribution in [0.3, 0.4) is 0 Å². The minimum Gasteiger partial charge on any atom is -0.465 e. The topological polar surface area (TPSA) is 46.5 Å². The molecule has 0 aliphatic heterocycles. The zero-order valence-corrected chi connectivity index (χ0v) is 19.4. The summed E-state index contributed by atoms with van der Waals surface area (Å²) < 4.78 is 5.47. The van der Waals surface area contributed by atoms with Crippen molar-refractivity contribution < 1.29 is 14.6 Å². The van der Waals surface area contributed by atoms with E-state index < -0.39 is 0 Å². The van der Waals surface area contributed by atoms with Crippen LogP contribution in [0.1, 0.15) is 94.7 Å². The molecule has 2 saturated carbocycles. The normalized spacial score (nSPS) is 27.2. The molecule has 3 nitrogen and oxygen atoms in total. The van der Waals surface area contributed by atoms with Crippen LogP contribution in [-0.4, -0.2) is 24.3 Å². The summed E-state index contributed by atoms with van der Waals surface area (Å²) in [5.41, 5.74) is 3.94. The SMILES string of the molecule is CC1CCC(C2CCC(c3ccc(CCO)cc3CCOC(=O)C(C)C)CC2)CC1. The van der Waals surface area contributed by atoms with Crippen molar-refractivity contribution in [2.75, 3.05) is 13.2 Å². The molecule has 0 spiro atoms. The Bertz CT molecular complexity index is 665. The molecule has 30 heavy (non-hydrogen) atoms. The van der Waals surface area contributed by atoms with Crippen molar-refractivity contribution in [1.29, 1.82) is 0 Å². The maximum atomic E-state index is 11.8. The predicted molar refractivity (Wildman–Crippen MR) is 123 cm³/mol. The van der Waals surface area contributed by atoms with Crippen LogP contribution in [0.4, 0.5) is 0 Å². The fourth-order valence-electron chi connectivity index (χ4n) is 5.65. The molecule has 1 aromatic carbocycles. The van der Waals surface area contributed by atoms with Gasteiger partial charge in [-0.05, 0) is 85.3 Å². The van der Waals surface area contributed by atoms with Gasteiger partial charge in [0.1, 0.15) is 0 Å². The molecule has 0 bridgehead atoms. The first kappa shape index (κ1) is 23.3. The highest BCUT2D eigenvalue weighted by Gasteiger charge is 2.31. The summed E-state index contributed by atoms with van der Waals surface area (Å²) in [6.07, 6.45) is 12.5. The van der Waals surface area contributed by atoms with Crippen LogP contribution in [-0.2, 0) is 22.4 Å². The number of hydrogen-bond donors (Lipinski definition) is 1. The standard InChI is InChI=1S/C27H42O3/c1-19(2)27(29)30-17-15-25-18-21(14-16-28)6-13-26(25)24-11-9-23(10-12-24)22-7-4-20(3)5-8-22/h6,13,18-20,22-24,28H,4-5,7-12,14-17H2,1-3H3. The molecule has 168 valence electrons. The molecule has 0 unspecified atom stereocenters. The quantitative estimate of drug-likeness (QED) is 0.526. The molecule has 0 aromatic heterocycles. The summed E-state index contributed by atoms with van der Waals surface area (Å²) in [4.78, 5) is 11.8. The number of hydrogen-bond acceptors (Lipinski definition) is 3. The van der Waals surface area contributed by atoms with Crippen LogP contribution in [0.2, 0.25) is 0 Å². The number of rotatable bonds is 8. The number of benzene rings is 1. The van der Waals surface area contributed by atoms with Gasteiger partial charge in [0, 0.05) is 13.0 Å². The lowest BCUT2D eigenvalue weighted by Gasteiger charge is -2.37. The minimum atomic E-state index is -0.120. The second kappa shape index (κ2) is 11.3. The van der Waals surface area contributed by atoms with Gasteiger partial charge < -0.3 is 9.84 Å². The maximum Gasteiger partial charge on any atom is 0.308 e. The number of esters is 1. The third-order valence-electron chi connectivity index (χ3n) is 7.63. The Morgan fingerprint density at radius 2 is 1.63 bits per heavy atom. The Morgan fingerprint density at radius 3 is 2.23 bits per heavy atom. The van der Waals surface area contributed by atoms with Crippen molar-refractivity contribution in [3.8, 4) is 0 Å². The number of carbonyl (C=O) groups excluding carboxylic acids is 1. The highest BCUT2D eigenvalue weighted by molar-refractivity contribution is 5.71. The van der Waals surface area contributed by atoms with Gasteiger partial charge in [-0.2, -0.15) is 0 Å². The molecule has 2 aliphatic carbocycles. The van der Waals surface area contributed by atoms with E-state index in [0.717, 1.165) is 24.2 Å². The first-order valence-corrected chi connectivity index (χ1v) is 12.4. The van der Waals surface area contributed by atoms with Crippen LogP contribution in [0.25, 0.3) is 0 Å². The summed E-state index contributed by atoms with van der Waals surface area (Å²) in [7, 11) is 0. The highest BCUT2D eigenvalue weighted by Crippen LogP contribution is 2.44. The van der Waals surface area contributed by atoms with E-state index in [9.17, 15) is 9.90 Å². The Hall–Kier alpha value is -1.35. The predicted octanol–water partition coefficient (Wildman–Crippen LogP) is 6.06. The van der Waals surface area contributed by atoms with Gasteiger partial charge in [-0.1, -0.05) is 51.8 Å². The molecule has 1 N–H and O–H groups in total. The fourth-order valence-corrected chi connectivity index (χ4v) is 5.65. The lowest BCUT2D eigenvalue weighted by atomic mass is 9.68. The Kier molecular flexibility index (Phi) is 8.80. The second-order valence-corrected chi connectivity index (χ2v) is 10.2. The molecule has 0 atom stereocenters. The maximum absolute atomic E-state index is 11.8. The third-order valence-corrected chi connectivity index (χ3v) is 7.63. The molecule has 3 heteroatoms. The average Bonchev–Trinajstić information content (AvgIpc) is 2.75. The highest BCUT2D eigenvalue weighted by atomic mass is 16.5.